The summed E-state index contributed by atoms with van der Waals surface area (Å²) in [5, 5.41) is 10.5. The maximum atomic E-state index is 10.5. The Morgan fingerprint density at radius 2 is 1.82 bits per heavy atom. The van der Waals surface area contributed by atoms with Crippen LogP contribution in [0.2, 0.25) is 0 Å². The Bertz CT molecular complexity index is 243. The normalized spacial score (nSPS) is 48.5. The van der Waals surface area contributed by atoms with E-state index in [1.54, 1.807) is 0 Å². The van der Waals surface area contributed by atoms with Crippen molar-refractivity contribution in [3.05, 3.63) is 0 Å². The lowest BCUT2D eigenvalue weighted by Crippen LogP contribution is -2.55. The molecule has 1 aliphatic carbocycles. The molecule has 2 aliphatic rings. The highest BCUT2D eigenvalue weighted by molar-refractivity contribution is 4.97. The monoisotopic (exact) mass is 239 g/mol. The predicted molar refractivity (Wildman–Crippen MR) is 72.0 cm³/mol. The van der Waals surface area contributed by atoms with Crippen molar-refractivity contribution in [3.63, 3.8) is 0 Å². The van der Waals surface area contributed by atoms with E-state index in [1.807, 2.05) is 0 Å². The van der Waals surface area contributed by atoms with Crippen LogP contribution in [0.15, 0.2) is 0 Å². The second kappa shape index (κ2) is 5.27. The Balaban J connectivity index is 2.13. The van der Waals surface area contributed by atoms with Gasteiger partial charge in [0.2, 0.25) is 0 Å². The smallest absolute Gasteiger partial charge is 0.0700 e. The first-order valence-corrected chi connectivity index (χ1v) is 7.50. The Kier molecular flexibility index (Phi) is 4.14. The van der Waals surface area contributed by atoms with Crippen molar-refractivity contribution in [2.75, 3.05) is 0 Å². The summed E-state index contributed by atoms with van der Waals surface area (Å²) in [7, 11) is 0. The molecule has 0 spiro atoms. The Labute approximate surface area is 106 Å². The number of aliphatic hydroxyl groups excluding tert-OH is 1. The van der Waals surface area contributed by atoms with E-state index in [4.69, 9.17) is 0 Å². The first-order chi connectivity index (χ1) is 8.04. The summed E-state index contributed by atoms with van der Waals surface area (Å²) in [5.41, 5.74) is 0. The number of hydrogen-bond acceptors (Lipinski definition) is 2. The molecule has 0 aromatic rings. The molecule has 2 nitrogen and oxygen atoms in total. The Morgan fingerprint density at radius 1 is 1.12 bits per heavy atom. The van der Waals surface area contributed by atoms with E-state index < -0.39 is 0 Å². The fourth-order valence-corrected chi connectivity index (χ4v) is 4.34. The Hall–Kier alpha value is -0.0800. The van der Waals surface area contributed by atoms with Gasteiger partial charge < -0.3 is 5.11 Å². The number of hydrogen-bond donors (Lipinski definition) is 1. The number of nitrogens with zero attached hydrogens (tertiary/aromatic N) is 1. The fourth-order valence-electron chi connectivity index (χ4n) is 4.34. The van der Waals surface area contributed by atoms with Gasteiger partial charge in [-0.3, -0.25) is 4.90 Å². The van der Waals surface area contributed by atoms with Crippen molar-refractivity contribution in [3.8, 4) is 0 Å². The molecule has 1 heterocycles. The van der Waals surface area contributed by atoms with Gasteiger partial charge in [0.05, 0.1) is 6.10 Å². The second-order valence-electron chi connectivity index (χ2n) is 6.55. The summed E-state index contributed by atoms with van der Waals surface area (Å²) in [6.45, 7) is 9.24. The minimum atomic E-state index is -0.108. The van der Waals surface area contributed by atoms with Crippen LogP contribution in [0.5, 0.6) is 0 Å². The van der Waals surface area contributed by atoms with Gasteiger partial charge in [-0.25, -0.2) is 0 Å². The van der Waals surface area contributed by atoms with Gasteiger partial charge in [-0.2, -0.15) is 0 Å². The van der Waals surface area contributed by atoms with E-state index in [0.717, 1.165) is 6.42 Å². The van der Waals surface area contributed by atoms with Crippen LogP contribution in [-0.4, -0.2) is 34.2 Å². The average Bonchev–Trinajstić information content (AvgIpc) is 2.59. The van der Waals surface area contributed by atoms with Crippen LogP contribution < -0.4 is 0 Å². The van der Waals surface area contributed by atoms with Crippen molar-refractivity contribution >= 4 is 0 Å². The second-order valence-corrected chi connectivity index (χ2v) is 6.55. The van der Waals surface area contributed by atoms with E-state index in [1.165, 1.54) is 25.7 Å². The molecule has 0 aromatic heterocycles. The summed E-state index contributed by atoms with van der Waals surface area (Å²) in [6.07, 6.45) is 6.03. The molecule has 1 N–H and O–H groups in total. The summed E-state index contributed by atoms with van der Waals surface area (Å²) in [5.74, 6) is 1.33. The molecular formula is C15H29NO. The van der Waals surface area contributed by atoms with Gasteiger partial charge in [-0.05, 0) is 50.9 Å². The fraction of sp³-hybridized carbons (Fsp3) is 1.00. The van der Waals surface area contributed by atoms with Gasteiger partial charge in [0.1, 0.15) is 0 Å². The van der Waals surface area contributed by atoms with E-state index in [0.29, 0.717) is 30.0 Å². The molecule has 6 unspecified atom stereocenters. The largest absolute Gasteiger partial charge is 0.391 e. The molecular weight excluding hydrogens is 210 g/mol. The zero-order chi connectivity index (χ0) is 12.6. The predicted octanol–water partition coefficient (Wildman–Crippen LogP) is 3.04. The standard InChI is InChI=1S/C15H29NO/c1-5-13-7-6-12(4)16(13)15-11(3)8-10(2)9-14(15)17/h10-15,17H,5-9H2,1-4H3. The quantitative estimate of drug-likeness (QED) is 0.800. The van der Waals surface area contributed by atoms with Gasteiger partial charge >= 0.3 is 0 Å². The molecule has 2 rings (SSSR count). The maximum absolute atomic E-state index is 10.5. The molecule has 0 aromatic carbocycles. The summed E-state index contributed by atoms with van der Waals surface area (Å²) in [4.78, 5) is 2.65. The van der Waals surface area contributed by atoms with Crippen LogP contribution in [0.25, 0.3) is 0 Å². The highest BCUT2D eigenvalue weighted by Gasteiger charge is 2.43. The van der Waals surface area contributed by atoms with Crippen molar-refractivity contribution < 1.29 is 5.11 Å². The van der Waals surface area contributed by atoms with Crippen LogP contribution in [0, 0.1) is 11.8 Å². The van der Waals surface area contributed by atoms with Crippen LogP contribution >= 0.6 is 0 Å². The minimum Gasteiger partial charge on any atom is -0.391 e. The zero-order valence-corrected chi connectivity index (χ0v) is 11.9. The molecule has 0 radical (unpaired) electrons. The molecule has 17 heavy (non-hydrogen) atoms. The molecule has 1 saturated carbocycles. The van der Waals surface area contributed by atoms with E-state index >= 15 is 0 Å². The third-order valence-corrected chi connectivity index (χ3v) is 5.06. The third-order valence-electron chi connectivity index (χ3n) is 5.06. The molecule has 1 aliphatic heterocycles. The van der Waals surface area contributed by atoms with Crippen molar-refractivity contribution in [2.45, 2.75) is 84.0 Å². The van der Waals surface area contributed by atoms with Crippen LogP contribution in [0.4, 0.5) is 0 Å². The highest BCUT2D eigenvalue weighted by Crippen LogP contribution is 2.38. The van der Waals surface area contributed by atoms with E-state index in [-0.39, 0.29) is 6.10 Å². The number of likely N-dealkylation sites (tertiary alicyclic amines) is 1. The average molecular weight is 239 g/mol. The van der Waals surface area contributed by atoms with Gasteiger partial charge in [0.15, 0.2) is 0 Å². The van der Waals surface area contributed by atoms with Gasteiger partial charge in [0.25, 0.3) is 0 Å². The Morgan fingerprint density at radius 3 is 2.41 bits per heavy atom. The van der Waals surface area contributed by atoms with E-state index in [2.05, 4.69) is 32.6 Å². The number of rotatable bonds is 2. The van der Waals surface area contributed by atoms with Crippen molar-refractivity contribution in [1.82, 2.24) is 4.90 Å². The van der Waals surface area contributed by atoms with Crippen molar-refractivity contribution in [2.24, 2.45) is 11.8 Å². The molecule has 0 amide bonds. The zero-order valence-electron chi connectivity index (χ0n) is 11.9. The molecule has 100 valence electrons. The lowest BCUT2D eigenvalue weighted by Gasteiger charge is -2.46. The maximum Gasteiger partial charge on any atom is 0.0700 e. The molecule has 2 heteroatoms. The van der Waals surface area contributed by atoms with E-state index in [9.17, 15) is 5.11 Å². The lowest BCUT2D eigenvalue weighted by molar-refractivity contribution is -0.0433. The summed E-state index contributed by atoms with van der Waals surface area (Å²) in [6, 6.07) is 1.78. The van der Waals surface area contributed by atoms with Crippen LogP contribution in [0.3, 0.4) is 0 Å². The molecule has 0 bridgehead atoms. The summed E-state index contributed by atoms with van der Waals surface area (Å²) >= 11 is 0. The first kappa shape index (κ1) is 13.4. The van der Waals surface area contributed by atoms with Crippen molar-refractivity contribution in [1.29, 1.82) is 0 Å². The SMILES string of the molecule is CCC1CCC(C)N1C1C(C)CC(C)CC1O. The topological polar surface area (TPSA) is 23.5 Å². The lowest BCUT2D eigenvalue weighted by atomic mass is 9.76. The van der Waals surface area contributed by atoms with Gasteiger partial charge in [-0.1, -0.05) is 20.8 Å². The highest BCUT2D eigenvalue weighted by atomic mass is 16.3. The minimum absolute atomic E-state index is 0.108. The molecule has 2 fully saturated rings. The van der Waals surface area contributed by atoms with Gasteiger partial charge in [-0.15, -0.1) is 0 Å². The van der Waals surface area contributed by atoms with Crippen LogP contribution in [-0.2, 0) is 0 Å². The van der Waals surface area contributed by atoms with Crippen LogP contribution in [0.1, 0.15) is 59.8 Å². The van der Waals surface area contributed by atoms with Gasteiger partial charge in [0, 0.05) is 18.1 Å². The molecule has 6 atom stereocenters. The third kappa shape index (κ3) is 2.53. The summed E-state index contributed by atoms with van der Waals surface area (Å²) < 4.78 is 0. The number of aliphatic hydroxyl groups is 1. The molecule has 1 saturated heterocycles. The first-order valence-electron chi connectivity index (χ1n) is 7.50.